The van der Waals surface area contributed by atoms with Crippen molar-refractivity contribution in [2.75, 3.05) is 31.6 Å². The Morgan fingerprint density at radius 1 is 1.17 bits per heavy atom. The van der Waals surface area contributed by atoms with Gasteiger partial charge in [-0.05, 0) is 49.0 Å². The lowest BCUT2D eigenvalue weighted by Crippen LogP contribution is -2.27. The van der Waals surface area contributed by atoms with Crippen LogP contribution in [0.25, 0.3) is 28.0 Å². The fourth-order valence-electron chi connectivity index (χ4n) is 3.92. The molecule has 36 heavy (non-hydrogen) atoms. The van der Waals surface area contributed by atoms with Crippen molar-refractivity contribution in [1.82, 2.24) is 24.6 Å². The summed E-state index contributed by atoms with van der Waals surface area (Å²) in [4.78, 5) is 22.4. The standard InChI is InChI=1S/C27H27FN6O2/c1-3-33(14-15-35)13-5-4-6-20-7-9-22-25(16-20)29-18-30-27(22)34-26(11-12-31-34)23-17-21(32-19(2)36)8-10-24(23)28/h7-12,16-18,35H,3,5,13-15H2,1-2H3,(H,32,36). The molecule has 0 saturated carbocycles. The molecule has 0 radical (unpaired) electrons. The van der Waals surface area contributed by atoms with Crippen molar-refractivity contribution in [3.05, 3.63) is 66.4 Å². The highest BCUT2D eigenvalue weighted by Crippen LogP contribution is 2.29. The van der Waals surface area contributed by atoms with E-state index in [-0.39, 0.29) is 18.1 Å². The van der Waals surface area contributed by atoms with E-state index in [9.17, 15) is 9.18 Å². The predicted octanol–water partition coefficient (Wildman–Crippen LogP) is 3.64. The predicted molar refractivity (Wildman–Crippen MR) is 137 cm³/mol. The first kappa shape index (κ1) is 25.0. The van der Waals surface area contributed by atoms with E-state index in [4.69, 9.17) is 5.11 Å². The van der Waals surface area contributed by atoms with Crippen molar-refractivity contribution in [1.29, 1.82) is 0 Å². The second kappa shape index (κ2) is 11.5. The van der Waals surface area contributed by atoms with Crippen LogP contribution in [0.3, 0.4) is 0 Å². The van der Waals surface area contributed by atoms with Crippen molar-refractivity contribution >= 4 is 22.5 Å². The molecule has 0 saturated heterocycles. The number of amides is 1. The summed E-state index contributed by atoms with van der Waals surface area (Å²) in [7, 11) is 0. The number of aliphatic hydroxyl groups excluding tert-OH is 1. The van der Waals surface area contributed by atoms with Gasteiger partial charge in [0, 0.05) is 48.6 Å². The van der Waals surface area contributed by atoms with Crippen LogP contribution in [0.5, 0.6) is 0 Å². The van der Waals surface area contributed by atoms with Crippen molar-refractivity contribution in [2.45, 2.75) is 20.3 Å². The molecule has 2 aromatic heterocycles. The lowest BCUT2D eigenvalue weighted by molar-refractivity contribution is -0.114. The van der Waals surface area contributed by atoms with E-state index in [0.717, 1.165) is 24.0 Å². The topological polar surface area (TPSA) is 96.2 Å². The Hall–Kier alpha value is -4.13. The molecule has 4 aromatic rings. The smallest absolute Gasteiger partial charge is 0.221 e. The Morgan fingerprint density at radius 2 is 2.03 bits per heavy atom. The normalized spacial score (nSPS) is 10.9. The van der Waals surface area contributed by atoms with Crippen LogP contribution in [0.2, 0.25) is 0 Å². The Bertz CT molecular complexity index is 1440. The van der Waals surface area contributed by atoms with Gasteiger partial charge < -0.3 is 15.3 Å². The summed E-state index contributed by atoms with van der Waals surface area (Å²) >= 11 is 0. The third-order valence-electron chi connectivity index (χ3n) is 5.67. The number of hydrogen-bond acceptors (Lipinski definition) is 6. The summed E-state index contributed by atoms with van der Waals surface area (Å²) < 4.78 is 16.3. The largest absolute Gasteiger partial charge is 0.395 e. The maximum Gasteiger partial charge on any atom is 0.221 e. The molecule has 0 unspecified atom stereocenters. The van der Waals surface area contributed by atoms with E-state index in [1.54, 1.807) is 23.0 Å². The maximum atomic E-state index is 14.8. The number of nitrogens with one attached hydrogen (secondary N) is 1. The number of carbonyl (C=O) groups is 1. The number of benzene rings is 2. The zero-order valence-electron chi connectivity index (χ0n) is 20.2. The van der Waals surface area contributed by atoms with Gasteiger partial charge in [0.2, 0.25) is 5.91 Å². The van der Waals surface area contributed by atoms with Crippen molar-refractivity contribution in [3.63, 3.8) is 0 Å². The number of rotatable bonds is 8. The first-order chi connectivity index (χ1) is 17.5. The maximum absolute atomic E-state index is 14.8. The van der Waals surface area contributed by atoms with Crippen LogP contribution < -0.4 is 5.32 Å². The molecule has 1 amide bonds. The van der Waals surface area contributed by atoms with Crippen LogP contribution in [-0.2, 0) is 4.79 Å². The minimum Gasteiger partial charge on any atom is -0.395 e. The number of nitrogens with zero attached hydrogens (tertiary/aromatic N) is 5. The molecule has 2 aromatic carbocycles. The molecule has 0 spiro atoms. The molecule has 0 aliphatic heterocycles. The third kappa shape index (κ3) is 5.74. The number of likely N-dealkylation sites (N-methyl/N-ethyl adjacent to an activating group) is 1. The molecule has 9 heteroatoms. The van der Waals surface area contributed by atoms with Gasteiger partial charge in [0.05, 0.1) is 24.0 Å². The highest BCUT2D eigenvalue weighted by Gasteiger charge is 2.16. The fraction of sp³-hybridized carbons (Fsp3) is 0.259. The monoisotopic (exact) mass is 486 g/mol. The van der Waals surface area contributed by atoms with Gasteiger partial charge in [-0.15, -0.1) is 0 Å². The molecule has 8 nitrogen and oxygen atoms in total. The summed E-state index contributed by atoms with van der Waals surface area (Å²) in [5, 5.41) is 16.9. The van der Waals surface area contributed by atoms with Gasteiger partial charge >= 0.3 is 0 Å². The van der Waals surface area contributed by atoms with E-state index in [1.807, 2.05) is 18.2 Å². The molecule has 2 N–H and O–H groups in total. The highest BCUT2D eigenvalue weighted by molar-refractivity contribution is 5.90. The molecule has 0 atom stereocenters. The number of hydrogen-bond donors (Lipinski definition) is 2. The molecule has 2 heterocycles. The van der Waals surface area contributed by atoms with Gasteiger partial charge in [-0.3, -0.25) is 4.79 Å². The summed E-state index contributed by atoms with van der Waals surface area (Å²) in [5.41, 5.74) is 2.78. The van der Waals surface area contributed by atoms with Gasteiger partial charge in [-0.1, -0.05) is 18.8 Å². The lowest BCUT2D eigenvalue weighted by Gasteiger charge is -2.16. The van der Waals surface area contributed by atoms with Crippen molar-refractivity contribution < 1.29 is 14.3 Å². The Balaban J connectivity index is 1.64. The van der Waals surface area contributed by atoms with Gasteiger partial charge in [-0.2, -0.15) is 5.10 Å². The van der Waals surface area contributed by atoms with Gasteiger partial charge in [0.15, 0.2) is 5.82 Å². The van der Waals surface area contributed by atoms with Gasteiger partial charge in [0.25, 0.3) is 0 Å². The van der Waals surface area contributed by atoms with E-state index in [2.05, 4.69) is 44.0 Å². The SMILES string of the molecule is CCN(CCO)CCC#Cc1ccc2c(-n3nccc3-c3cc(NC(C)=O)ccc3F)ncnc2c1. The molecular formula is C27H27FN6O2. The highest BCUT2D eigenvalue weighted by atomic mass is 19.1. The summed E-state index contributed by atoms with van der Waals surface area (Å²) in [5.74, 6) is 6.18. The second-order valence-corrected chi connectivity index (χ2v) is 8.14. The van der Waals surface area contributed by atoms with E-state index in [0.29, 0.717) is 35.7 Å². The zero-order chi connectivity index (χ0) is 25.5. The van der Waals surface area contributed by atoms with Crippen LogP contribution in [0.1, 0.15) is 25.8 Å². The molecule has 0 aliphatic rings. The van der Waals surface area contributed by atoms with E-state index < -0.39 is 5.82 Å². The summed E-state index contributed by atoms with van der Waals surface area (Å²) in [6.45, 7) is 5.91. The van der Waals surface area contributed by atoms with Gasteiger partial charge in [-0.25, -0.2) is 19.0 Å². The van der Waals surface area contributed by atoms with E-state index in [1.165, 1.54) is 25.4 Å². The Labute approximate surface area is 208 Å². The molecule has 4 rings (SSSR count). The Kier molecular flexibility index (Phi) is 8.00. The number of aromatic nitrogens is 4. The molecule has 0 fully saturated rings. The van der Waals surface area contributed by atoms with Crippen LogP contribution >= 0.6 is 0 Å². The first-order valence-corrected chi connectivity index (χ1v) is 11.7. The third-order valence-corrected chi connectivity index (χ3v) is 5.67. The average Bonchev–Trinajstić information content (AvgIpc) is 3.35. The zero-order valence-corrected chi connectivity index (χ0v) is 20.2. The molecule has 184 valence electrons. The van der Waals surface area contributed by atoms with Gasteiger partial charge in [0.1, 0.15) is 12.1 Å². The number of fused-ring (bicyclic) bond motifs is 1. The van der Waals surface area contributed by atoms with Crippen molar-refractivity contribution in [3.8, 4) is 28.9 Å². The van der Waals surface area contributed by atoms with Crippen molar-refractivity contribution in [2.24, 2.45) is 0 Å². The number of anilines is 1. The van der Waals surface area contributed by atoms with Crippen LogP contribution in [0.4, 0.5) is 10.1 Å². The van der Waals surface area contributed by atoms with Crippen LogP contribution in [0.15, 0.2) is 55.0 Å². The molecule has 0 bridgehead atoms. The minimum absolute atomic E-state index is 0.138. The van der Waals surface area contributed by atoms with E-state index >= 15 is 0 Å². The summed E-state index contributed by atoms with van der Waals surface area (Å²) in [6.07, 6.45) is 3.71. The number of aliphatic hydroxyl groups is 1. The Morgan fingerprint density at radius 3 is 2.81 bits per heavy atom. The minimum atomic E-state index is -0.442. The fourth-order valence-corrected chi connectivity index (χ4v) is 3.92. The molecule has 0 aliphatic carbocycles. The number of halogens is 1. The molecular weight excluding hydrogens is 459 g/mol. The van der Waals surface area contributed by atoms with Crippen LogP contribution in [0, 0.1) is 17.7 Å². The number of carbonyl (C=O) groups excluding carboxylic acids is 1. The lowest BCUT2D eigenvalue weighted by atomic mass is 10.1. The first-order valence-electron chi connectivity index (χ1n) is 11.7. The average molecular weight is 487 g/mol. The summed E-state index contributed by atoms with van der Waals surface area (Å²) in [6, 6.07) is 11.8. The second-order valence-electron chi connectivity index (χ2n) is 8.14. The quantitative estimate of drug-likeness (QED) is 0.369. The van der Waals surface area contributed by atoms with Crippen LogP contribution in [-0.4, -0.2) is 61.9 Å².